The molecule has 0 saturated heterocycles. The van der Waals surface area contributed by atoms with Crippen LogP contribution >= 0.6 is 0 Å². The maximum absolute atomic E-state index is 5.23. The number of nitrogens with one attached hydrogen (secondary N) is 1. The fraction of sp³-hybridized carbons (Fsp3) is 0. The molecular weight excluding hydrogens is 118 g/mol. The maximum atomic E-state index is 5.23. The van der Waals surface area contributed by atoms with Gasteiger partial charge in [-0.15, -0.1) is 0 Å². The highest BCUT2D eigenvalue weighted by Gasteiger charge is 2.01. The van der Waals surface area contributed by atoms with E-state index in [-0.39, 0.29) is 11.9 Å². The van der Waals surface area contributed by atoms with Crippen LogP contribution in [-0.4, -0.2) is 11.9 Å². The van der Waals surface area contributed by atoms with E-state index in [2.05, 4.69) is 21.9 Å². The Morgan fingerprint density at radius 2 is 2.00 bits per heavy atom. The number of guanidine groups is 2. The van der Waals surface area contributed by atoms with Crippen LogP contribution in [0.15, 0.2) is 22.4 Å². The molecule has 1 heterocycles. The van der Waals surface area contributed by atoms with Crippen LogP contribution in [0.3, 0.4) is 0 Å². The fourth-order valence-electron chi connectivity index (χ4n) is 0.490. The minimum Gasteiger partial charge on any atom is -0.369 e. The van der Waals surface area contributed by atoms with Crippen molar-refractivity contribution in [3.05, 3.63) is 12.4 Å². The van der Waals surface area contributed by atoms with Gasteiger partial charge in [-0.2, -0.15) is 9.98 Å². The first kappa shape index (κ1) is 5.61. The zero-order valence-electron chi connectivity index (χ0n) is 4.76. The lowest BCUT2D eigenvalue weighted by Crippen LogP contribution is -2.35. The average molecular weight is 125 g/mol. The molecular formula is C4H7N5. The molecule has 0 aromatic heterocycles. The molecule has 0 radical (unpaired) electrons. The molecule has 5 N–H and O–H groups in total. The van der Waals surface area contributed by atoms with Gasteiger partial charge in [0, 0.05) is 0 Å². The van der Waals surface area contributed by atoms with Gasteiger partial charge in [-0.1, -0.05) is 6.58 Å². The summed E-state index contributed by atoms with van der Waals surface area (Å²) in [4.78, 5) is 7.24. The number of nitrogens with zero attached hydrogens (tertiary/aromatic N) is 2. The van der Waals surface area contributed by atoms with Gasteiger partial charge in [0.05, 0.1) is 0 Å². The summed E-state index contributed by atoms with van der Waals surface area (Å²) < 4.78 is 0. The smallest absolute Gasteiger partial charge is 0.225 e. The molecule has 1 aliphatic heterocycles. The summed E-state index contributed by atoms with van der Waals surface area (Å²) in [6.07, 6.45) is 0. The first-order valence-corrected chi connectivity index (χ1v) is 2.33. The van der Waals surface area contributed by atoms with E-state index in [1.54, 1.807) is 0 Å². The Morgan fingerprint density at radius 3 is 2.44 bits per heavy atom. The summed E-state index contributed by atoms with van der Waals surface area (Å²) in [7, 11) is 0. The van der Waals surface area contributed by atoms with Crippen molar-refractivity contribution >= 4 is 11.9 Å². The Hall–Kier alpha value is -1.52. The van der Waals surface area contributed by atoms with E-state index >= 15 is 0 Å². The summed E-state index contributed by atoms with van der Waals surface area (Å²) >= 11 is 0. The van der Waals surface area contributed by atoms with Crippen LogP contribution in [-0.2, 0) is 0 Å². The van der Waals surface area contributed by atoms with Gasteiger partial charge in [0.25, 0.3) is 0 Å². The summed E-state index contributed by atoms with van der Waals surface area (Å²) in [5, 5.41) is 2.58. The number of nitrogens with two attached hydrogens (primary N) is 2. The summed E-state index contributed by atoms with van der Waals surface area (Å²) in [6, 6.07) is 0. The third kappa shape index (κ3) is 1.18. The highest BCUT2D eigenvalue weighted by Crippen LogP contribution is 1.90. The molecule has 0 bridgehead atoms. The monoisotopic (exact) mass is 125 g/mol. The minimum atomic E-state index is 0.135. The number of hydrogen-bond acceptors (Lipinski definition) is 5. The molecule has 0 fully saturated rings. The summed E-state index contributed by atoms with van der Waals surface area (Å²) in [6.45, 7) is 3.48. The van der Waals surface area contributed by atoms with Gasteiger partial charge in [-0.3, -0.25) is 0 Å². The summed E-state index contributed by atoms with van der Waals surface area (Å²) in [5.74, 6) is 0.781. The van der Waals surface area contributed by atoms with E-state index in [0.29, 0.717) is 5.82 Å². The van der Waals surface area contributed by atoms with Crippen LogP contribution in [0.4, 0.5) is 0 Å². The van der Waals surface area contributed by atoms with Crippen LogP contribution in [0.1, 0.15) is 0 Å². The molecule has 1 aliphatic rings. The second-order valence-corrected chi connectivity index (χ2v) is 1.54. The quantitative estimate of drug-likeness (QED) is 0.375. The van der Waals surface area contributed by atoms with Crippen molar-refractivity contribution in [3.63, 3.8) is 0 Å². The molecule has 0 atom stereocenters. The molecule has 48 valence electrons. The Kier molecular flexibility index (Phi) is 1.11. The largest absolute Gasteiger partial charge is 0.369 e. The van der Waals surface area contributed by atoms with Crippen LogP contribution in [0.2, 0.25) is 0 Å². The van der Waals surface area contributed by atoms with Gasteiger partial charge in [-0.05, 0) is 0 Å². The zero-order valence-corrected chi connectivity index (χ0v) is 4.76. The number of rotatable bonds is 0. The second-order valence-electron chi connectivity index (χ2n) is 1.54. The van der Waals surface area contributed by atoms with Crippen molar-refractivity contribution < 1.29 is 0 Å². The summed E-state index contributed by atoms with van der Waals surface area (Å²) in [5.41, 5.74) is 10.4. The lowest BCUT2D eigenvalue weighted by atomic mass is 10.7. The van der Waals surface area contributed by atoms with E-state index in [4.69, 9.17) is 11.5 Å². The van der Waals surface area contributed by atoms with Crippen molar-refractivity contribution in [2.24, 2.45) is 21.5 Å². The van der Waals surface area contributed by atoms with Crippen molar-refractivity contribution in [1.82, 2.24) is 5.32 Å². The molecule has 5 nitrogen and oxygen atoms in total. The first-order chi connectivity index (χ1) is 4.18. The molecule has 0 aromatic carbocycles. The van der Waals surface area contributed by atoms with Gasteiger partial charge >= 0.3 is 0 Å². The predicted octanol–water partition coefficient (Wildman–Crippen LogP) is -1.31. The predicted molar refractivity (Wildman–Crippen MR) is 35.5 cm³/mol. The third-order valence-electron chi connectivity index (χ3n) is 0.757. The third-order valence-corrected chi connectivity index (χ3v) is 0.757. The van der Waals surface area contributed by atoms with E-state index in [0.717, 1.165) is 0 Å². The molecule has 0 aromatic rings. The first-order valence-electron chi connectivity index (χ1n) is 2.33. The van der Waals surface area contributed by atoms with Gasteiger partial charge in [-0.25, -0.2) is 0 Å². The lowest BCUT2D eigenvalue weighted by molar-refractivity contribution is 1.04. The minimum absolute atomic E-state index is 0.135. The SMILES string of the molecule is C=C1N=C(N)N=C(N)N1. The lowest BCUT2D eigenvalue weighted by Gasteiger charge is -2.08. The highest BCUT2D eigenvalue weighted by molar-refractivity contribution is 5.96. The molecule has 0 unspecified atom stereocenters. The van der Waals surface area contributed by atoms with Crippen LogP contribution < -0.4 is 16.8 Å². The molecule has 0 spiro atoms. The van der Waals surface area contributed by atoms with Crippen LogP contribution in [0.25, 0.3) is 0 Å². The van der Waals surface area contributed by atoms with Crippen molar-refractivity contribution in [3.8, 4) is 0 Å². The fourth-order valence-corrected chi connectivity index (χ4v) is 0.490. The van der Waals surface area contributed by atoms with Gasteiger partial charge in [0.2, 0.25) is 11.9 Å². The van der Waals surface area contributed by atoms with Gasteiger partial charge < -0.3 is 16.8 Å². The zero-order chi connectivity index (χ0) is 6.85. The topological polar surface area (TPSA) is 88.8 Å². The number of aliphatic imine (C=N–C) groups is 2. The molecule has 9 heavy (non-hydrogen) atoms. The Balaban J connectivity index is 2.86. The van der Waals surface area contributed by atoms with Crippen molar-refractivity contribution in [1.29, 1.82) is 0 Å². The molecule has 5 heteroatoms. The van der Waals surface area contributed by atoms with Crippen LogP contribution in [0.5, 0.6) is 0 Å². The van der Waals surface area contributed by atoms with E-state index < -0.39 is 0 Å². The van der Waals surface area contributed by atoms with Gasteiger partial charge in [0.1, 0.15) is 5.82 Å². The Labute approximate surface area is 52.2 Å². The Bertz CT molecular complexity index is 201. The second kappa shape index (κ2) is 1.77. The van der Waals surface area contributed by atoms with Crippen molar-refractivity contribution in [2.75, 3.05) is 0 Å². The van der Waals surface area contributed by atoms with Crippen molar-refractivity contribution in [2.45, 2.75) is 0 Å². The van der Waals surface area contributed by atoms with E-state index in [1.807, 2.05) is 0 Å². The standard InChI is InChI=1S/C4H7N5/c1-2-7-3(5)9-4(6)8-2/h1H2,(H5,5,6,7,8,9). The number of hydrogen-bond donors (Lipinski definition) is 3. The highest BCUT2D eigenvalue weighted by atomic mass is 15.3. The van der Waals surface area contributed by atoms with Crippen LogP contribution in [0, 0.1) is 0 Å². The van der Waals surface area contributed by atoms with E-state index in [9.17, 15) is 0 Å². The molecule has 0 amide bonds. The van der Waals surface area contributed by atoms with Gasteiger partial charge in [0.15, 0.2) is 0 Å². The average Bonchev–Trinajstić information content (AvgIpc) is 1.59. The maximum Gasteiger partial charge on any atom is 0.225 e. The molecule has 0 saturated carbocycles. The molecule has 1 rings (SSSR count). The molecule has 0 aliphatic carbocycles. The Morgan fingerprint density at radius 1 is 1.33 bits per heavy atom. The van der Waals surface area contributed by atoms with E-state index in [1.165, 1.54) is 0 Å². The normalized spacial score (nSPS) is 18.0.